The van der Waals surface area contributed by atoms with Crippen molar-refractivity contribution in [3.63, 3.8) is 0 Å². The van der Waals surface area contributed by atoms with Gasteiger partial charge in [0.05, 0.1) is 0 Å². The van der Waals surface area contributed by atoms with E-state index in [1.807, 2.05) is 0 Å². The molecule has 36 heavy (non-hydrogen) atoms. The lowest BCUT2D eigenvalue weighted by Gasteiger charge is -2.62. The summed E-state index contributed by atoms with van der Waals surface area (Å²) in [6.45, 7) is 29.2. The number of carbonyl (C=O) groups is 1. The number of rotatable bonds is 7. The standard InChI is InChI=1S/C35H58O/c1-12-22(3)26(13-2)19-25(6)32(7,8)31-15-17-34(10)28-20-30(36)29-18-23(4)24(5)21-33(29,9)27(28)14-16-35(31,34)11/h20,23-27,29,31H,3,12-19,21H2,1-2,4-11H3/t23-,24+,25-,26-,27?,29+,31-,33-,34+,35-/m1/s1. The van der Waals surface area contributed by atoms with Crippen LogP contribution in [0.2, 0.25) is 0 Å². The highest BCUT2D eigenvalue weighted by atomic mass is 16.1. The predicted octanol–water partition coefficient (Wildman–Crippen LogP) is 10.1. The number of hydrogen-bond donors (Lipinski definition) is 0. The highest BCUT2D eigenvalue weighted by Gasteiger charge is 2.66. The Hall–Kier alpha value is -0.850. The molecule has 0 aromatic heterocycles. The normalized spacial score (nSPS) is 44.2. The Morgan fingerprint density at radius 3 is 2.36 bits per heavy atom. The second kappa shape index (κ2) is 9.41. The molecule has 1 nitrogen and oxygen atoms in total. The maximum atomic E-state index is 13.7. The molecule has 1 heteroatoms. The van der Waals surface area contributed by atoms with Gasteiger partial charge < -0.3 is 0 Å². The summed E-state index contributed by atoms with van der Waals surface area (Å²) in [7, 11) is 0. The molecule has 0 heterocycles. The summed E-state index contributed by atoms with van der Waals surface area (Å²) in [5.41, 5.74) is 3.87. The Kier molecular flexibility index (Phi) is 7.36. The summed E-state index contributed by atoms with van der Waals surface area (Å²) < 4.78 is 0. The third kappa shape index (κ3) is 3.95. The van der Waals surface area contributed by atoms with E-state index in [4.69, 9.17) is 0 Å². The molecule has 0 saturated heterocycles. The van der Waals surface area contributed by atoms with Crippen molar-refractivity contribution in [2.75, 3.05) is 0 Å². The molecule has 4 aliphatic carbocycles. The summed E-state index contributed by atoms with van der Waals surface area (Å²) in [5.74, 6) is 4.71. The van der Waals surface area contributed by atoms with E-state index in [0.717, 1.165) is 18.8 Å². The first-order valence-corrected chi connectivity index (χ1v) is 15.6. The number of carbonyl (C=O) groups excluding carboxylic acids is 1. The molecule has 0 aliphatic heterocycles. The van der Waals surface area contributed by atoms with Crippen molar-refractivity contribution in [2.24, 2.45) is 63.1 Å². The van der Waals surface area contributed by atoms with Gasteiger partial charge in [0.15, 0.2) is 5.78 Å². The van der Waals surface area contributed by atoms with E-state index in [1.54, 1.807) is 5.57 Å². The second-order valence-electron chi connectivity index (χ2n) is 15.5. The van der Waals surface area contributed by atoms with Gasteiger partial charge in [-0.05, 0) is 121 Å². The van der Waals surface area contributed by atoms with Gasteiger partial charge in [-0.25, -0.2) is 0 Å². The van der Waals surface area contributed by atoms with Crippen molar-refractivity contribution < 1.29 is 4.79 Å². The summed E-state index contributed by atoms with van der Waals surface area (Å²) in [5, 5.41) is 0. The predicted molar refractivity (Wildman–Crippen MR) is 155 cm³/mol. The Morgan fingerprint density at radius 2 is 1.75 bits per heavy atom. The van der Waals surface area contributed by atoms with Crippen LogP contribution in [-0.2, 0) is 4.79 Å². The maximum absolute atomic E-state index is 13.7. The molecule has 3 saturated carbocycles. The molecule has 10 atom stereocenters. The molecule has 0 aromatic rings. The smallest absolute Gasteiger partial charge is 0.159 e. The second-order valence-corrected chi connectivity index (χ2v) is 15.5. The molecule has 0 amide bonds. The van der Waals surface area contributed by atoms with E-state index in [2.05, 4.69) is 81.9 Å². The van der Waals surface area contributed by atoms with Crippen LogP contribution in [-0.4, -0.2) is 5.78 Å². The van der Waals surface area contributed by atoms with Crippen LogP contribution in [0.5, 0.6) is 0 Å². The minimum absolute atomic E-state index is 0.157. The van der Waals surface area contributed by atoms with Crippen LogP contribution in [0.15, 0.2) is 23.8 Å². The zero-order chi connectivity index (χ0) is 26.8. The number of fused-ring (bicyclic) bond motifs is 5. The van der Waals surface area contributed by atoms with Crippen LogP contribution in [0.1, 0.15) is 127 Å². The van der Waals surface area contributed by atoms with Gasteiger partial charge in [0.2, 0.25) is 0 Å². The number of ketones is 1. The quantitative estimate of drug-likeness (QED) is 0.322. The van der Waals surface area contributed by atoms with E-state index >= 15 is 0 Å². The molecule has 4 aliphatic rings. The first-order chi connectivity index (χ1) is 16.7. The van der Waals surface area contributed by atoms with E-state index in [-0.39, 0.29) is 27.6 Å². The van der Waals surface area contributed by atoms with Crippen molar-refractivity contribution in [2.45, 2.75) is 127 Å². The molecule has 4 rings (SSSR count). The van der Waals surface area contributed by atoms with Gasteiger partial charge in [-0.15, -0.1) is 0 Å². The molecule has 0 N–H and O–H groups in total. The highest BCUT2D eigenvalue weighted by molar-refractivity contribution is 5.94. The summed E-state index contributed by atoms with van der Waals surface area (Å²) in [6.07, 6.45) is 13.3. The van der Waals surface area contributed by atoms with Crippen molar-refractivity contribution >= 4 is 5.78 Å². The molecule has 0 aromatic carbocycles. The monoisotopic (exact) mass is 494 g/mol. The minimum Gasteiger partial charge on any atom is -0.295 e. The average Bonchev–Trinajstić information content (AvgIpc) is 3.10. The molecule has 3 fully saturated rings. The van der Waals surface area contributed by atoms with Gasteiger partial charge in [-0.3, -0.25) is 4.79 Å². The van der Waals surface area contributed by atoms with Crippen LogP contribution >= 0.6 is 0 Å². The summed E-state index contributed by atoms with van der Waals surface area (Å²) in [4.78, 5) is 13.7. The number of hydrogen-bond acceptors (Lipinski definition) is 1. The van der Waals surface area contributed by atoms with Crippen LogP contribution in [0.25, 0.3) is 0 Å². The van der Waals surface area contributed by atoms with Crippen molar-refractivity contribution in [1.82, 2.24) is 0 Å². The first kappa shape index (κ1) is 28.2. The highest BCUT2D eigenvalue weighted by Crippen LogP contribution is 2.74. The Morgan fingerprint density at radius 1 is 1.08 bits per heavy atom. The number of allylic oxidation sites excluding steroid dienone is 3. The van der Waals surface area contributed by atoms with Crippen LogP contribution in [0, 0.1) is 63.1 Å². The lowest BCUT2D eigenvalue weighted by molar-refractivity contribution is -0.134. The molecule has 1 unspecified atom stereocenters. The third-order valence-electron chi connectivity index (χ3n) is 13.8. The van der Waals surface area contributed by atoms with Gasteiger partial charge in [0.25, 0.3) is 0 Å². The summed E-state index contributed by atoms with van der Waals surface area (Å²) >= 11 is 0. The topological polar surface area (TPSA) is 17.1 Å². The first-order valence-electron chi connectivity index (χ1n) is 15.6. The fourth-order valence-electron chi connectivity index (χ4n) is 10.4. The van der Waals surface area contributed by atoms with Gasteiger partial charge in [-0.2, -0.15) is 0 Å². The zero-order valence-corrected chi connectivity index (χ0v) is 25.6. The zero-order valence-electron chi connectivity index (χ0n) is 25.6. The van der Waals surface area contributed by atoms with E-state index in [1.165, 1.54) is 50.5 Å². The molecule has 0 radical (unpaired) electrons. The van der Waals surface area contributed by atoms with E-state index < -0.39 is 0 Å². The average molecular weight is 495 g/mol. The molecule has 0 bridgehead atoms. The lowest BCUT2D eigenvalue weighted by atomic mass is 9.41. The van der Waals surface area contributed by atoms with Gasteiger partial charge in [0.1, 0.15) is 0 Å². The fraction of sp³-hybridized carbons (Fsp3) is 0.857. The Balaban J connectivity index is 1.66. The van der Waals surface area contributed by atoms with Crippen LogP contribution in [0.4, 0.5) is 0 Å². The third-order valence-corrected chi connectivity index (χ3v) is 13.8. The van der Waals surface area contributed by atoms with Crippen molar-refractivity contribution in [1.29, 1.82) is 0 Å². The Bertz CT molecular complexity index is 908. The SMILES string of the molecule is C=C(CC)[C@H](CC)C[C@@H](C)C(C)(C)[C@H]1CC[C@@]2(C)C3=CC(=O)[C@@H]4C[C@@H](C)[C@@H](C)C[C@]4(C)C3CC[C@]12C. The van der Waals surface area contributed by atoms with E-state index in [0.29, 0.717) is 35.4 Å². The largest absolute Gasteiger partial charge is 0.295 e. The molecule has 204 valence electrons. The van der Waals surface area contributed by atoms with Gasteiger partial charge in [0, 0.05) is 5.92 Å². The van der Waals surface area contributed by atoms with Gasteiger partial charge in [-0.1, -0.05) is 87.0 Å². The van der Waals surface area contributed by atoms with Crippen molar-refractivity contribution in [3.05, 3.63) is 23.8 Å². The Labute approximate surface area is 224 Å². The van der Waals surface area contributed by atoms with Gasteiger partial charge >= 0.3 is 0 Å². The fourth-order valence-corrected chi connectivity index (χ4v) is 10.4. The molecular weight excluding hydrogens is 436 g/mol. The summed E-state index contributed by atoms with van der Waals surface area (Å²) in [6, 6.07) is 0. The van der Waals surface area contributed by atoms with Crippen LogP contribution < -0.4 is 0 Å². The molecule has 0 spiro atoms. The minimum atomic E-state index is 0.157. The van der Waals surface area contributed by atoms with E-state index in [9.17, 15) is 4.79 Å². The van der Waals surface area contributed by atoms with Crippen LogP contribution in [0.3, 0.4) is 0 Å². The van der Waals surface area contributed by atoms with Crippen molar-refractivity contribution in [3.8, 4) is 0 Å². The lowest BCUT2D eigenvalue weighted by Crippen LogP contribution is -2.56. The maximum Gasteiger partial charge on any atom is 0.159 e. The molecular formula is C35H58O.